The number of aromatic nitrogens is 2. The van der Waals surface area contributed by atoms with Crippen molar-refractivity contribution in [1.82, 2.24) is 13.9 Å². The van der Waals surface area contributed by atoms with Gasteiger partial charge in [-0.05, 0) is 18.9 Å². The Morgan fingerprint density at radius 2 is 1.87 bits per heavy atom. The van der Waals surface area contributed by atoms with Crippen LogP contribution >= 0.6 is 12.4 Å². The summed E-state index contributed by atoms with van der Waals surface area (Å²) in [5, 5.41) is 0.0778. The minimum Gasteiger partial charge on any atom is -0.337 e. The predicted molar refractivity (Wildman–Crippen MR) is 93.2 cm³/mol. The molecule has 0 radical (unpaired) electrons. The molecule has 0 aliphatic rings. The molecule has 0 amide bonds. The lowest BCUT2D eigenvalue weighted by Gasteiger charge is -2.20. The van der Waals surface area contributed by atoms with Crippen LogP contribution in [0.2, 0.25) is 0 Å². The van der Waals surface area contributed by atoms with Gasteiger partial charge >= 0.3 is 0 Å². The molecule has 0 saturated carbocycles. The number of imidazole rings is 1. The van der Waals surface area contributed by atoms with Gasteiger partial charge in [0.15, 0.2) is 5.03 Å². The first-order valence-electron chi connectivity index (χ1n) is 7.19. The molecule has 6 nitrogen and oxygen atoms in total. The number of aryl methyl sites for hydroxylation is 2. The Morgan fingerprint density at radius 1 is 1.22 bits per heavy atom. The summed E-state index contributed by atoms with van der Waals surface area (Å²) in [7, 11) is -1.84. The number of nitrogens with zero attached hydrogens (tertiary/aromatic N) is 3. The molecule has 2 rings (SSSR count). The first kappa shape index (κ1) is 19.6. The molecule has 2 N–H and O–H groups in total. The van der Waals surface area contributed by atoms with Gasteiger partial charge in [0.05, 0.1) is 0 Å². The fourth-order valence-corrected chi connectivity index (χ4v) is 3.66. The van der Waals surface area contributed by atoms with Crippen molar-refractivity contribution in [3.63, 3.8) is 0 Å². The number of sulfonamides is 1. The average molecular weight is 359 g/mol. The van der Waals surface area contributed by atoms with Gasteiger partial charge < -0.3 is 10.3 Å². The quantitative estimate of drug-likeness (QED) is 0.809. The highest BCUT2D eigenvalue weighted by Gasteiger charge is 2.26. The van der Waals surface area contributed by atoms with Gasteiger partial charge in [0.25, 0.3) is 10.0 Å². The van der Waals surface area contributed by atoms with Gasteiger partial charge in [-0.2, -0.15) is 4.31 Å². The number of hydrogen-bond acceptors (Lipinski definition) is 4. The minimum absolute atomic E-state index is 0. The van der Waals surface area contributed by atoms with Crippen molar-refractivity contribution in [3.8, 4) is 0 Å². The summed E-state index contributed by atoms with van der Waals surface area (Å²) < 4.78 is 28.5. The van der Waals surface area contributed by atoms with Crippen LogP contribution in [0, 0.1) is 6.92 Å². The number of nitrogens with two attached hydrogens (primary N) is 1. The Balaban J connectivity index is 0.00000264. The fourth-order valence-electron chi connectivity index (χ4n) is 2.18. The lowest BCUT2D eigenvalue weighted by atomic mass is 10.1. The van der Waals surface area contributed by atoms with E-state index in [4.69, 9.17) is 5.73 Å². The van der Waals surface area contributed by atoms with E-state index in [1.54, 1.807) is 18.5 Å². The van der Waals surface area contributed by atoms with E-state index in [1.165, 1.54) is 10.5 Å². The van der Waals surface area contributed by atoms with Gasteiger partial charge in [-0.3, -0.25) is 0 Å². The standard InChI is InChI=1S/C15H22N4O2S.ClH/c1-13-17-15(12-18(13)2)22(20,21)19(11-9-16)10-8-14-6-4-3-5-7-14;/h3-7,12H,8-11,16H2,1-2H3;1H. The summed E-state index contributed by atoms with van der Waals surface area (Å²) in [6.45, 7) is 2.72. The van der Waals surface area contributed by atoms with Crippen LogP contribution in [0.15, 0.2) is 41.6 Å². The normalized spacial score (nSPS) is 11.5. The van der Waals surface area contributed by atoms with E-state index >= 15 is 0 Å². The van der Waals surface area contributed by atoms with Crippen LogP contribution in [0.5, 0.6) is 0 Å². The van der Waals surface area contributed by atoms with Gasteiger partial charge in [0.2, 0.25) is 0 Å². The second-order valence-corrected chi connectivity index (χ2v) is 7.05. The average Bonchev–Trinajstić information content (AvgIpc) is 2.85. The van der Waals surface area contributed by atoms with Gasteiger partial charge in [0, 0.05) is 32.9 Å². The highest BCUT2D eigenvalue weighted by Crippen LogP contribution is 2.15. The molecular formula is C15H23ClN4O2S. The van der Waals surface area contributed by atoms with Crippen LogP contribution < -0.4 is 5.73 Å². The van der Waals surface area contributed by atoms with Crippen LogP contribution in [0.4, 0.5) is 0 Å². The molecule has 8 heteroatoms. The molecule has 0 aliphatic heterocycles. The van der Waals surface area contributed by atoms with Gasteiger partial charge in [0.1, 0.15) is 5.82 Å². The van der Waals surface area contributed by atoms with Crippen LogP contribution in [0.1, 0.15) is 11.4 Å². The third-order valence-corrected chi connectivity index (χ3v) is 5.33. The Labute approximate surface area is 143 Å². The Kier molecular flexibility index (Phi) is 7.21. The van der Waals surface area contributed by atoms with E-state index in [9.17, 15) is 8.42 Å². The molecule has 1 aromatic heterocycles. The van der Waals surface area contributed by atoms with Crippen LogP contribution in [-0.4, -0.2) is 41.9 Å². The largest absolute Gasteiger partial charge is 0.337 e. The lowest BCUT2D eigenvalue weighted by Crippen LogP contribution is -2.37. The molecular weight excluding hydrogens is 336 g/mol. The first-order chi connectivity index (χ1) is 10.4. The molecule has 0 spiro atoms. The summed E-state index contributed by atoms with van der Waals surface area (Å²) in [5.74, 6) is 0.661. The van der Waals surface area contributed by atoms with Crippen LogP contribution in [0.3, 0.4) is 0 Å². The summed E-state index contributed by atoms with van der Waals surface area (Å²) in [4.78, 5) is 4.13. The smallest absolute Gasteiger partial charge is 0.262 e. The highest BCUT2D eigenvalue weighted by molar-refractivity contribution is 7.89. The Morgan fingerprint density at radius 3 is 2.39 bits per heavy atom. The van der Waals surface area contributed by atoms with E-state index in [1.807, 2.05) is 30.3 Å². The molecule has 0 bridgehead atoms. The second kappa shape index (κ2) is 8.44. The molecule has 0 aliphatic carbocycles. The Bertz CT molecular complexity index is 697. The van der Waals surface area contributed by atoms with Crippen molar-refractivity contribution >= 4 is 22.4 Å². The summed E-state index contributed by atoms with van der Waals surface area (Å²) in [5.41, 5.74) is 6.67. The second-order valence-electron chi connectivity index (χ2n) is 5.17. The zero-order valence-electron chi connectivity index (χ0n) is 13.3. The number of halogens is 1. The molecule has 2 aromatic rings. The van der Waals surface area contributed by atoms with Crippen LogP contribution in [-0.2, 0) is 23.5 Å². The highest BCUT2D eigenvalue weighted by atomic mass is 35.5. The maximum atomic E-state index is 12.7. The monoisotopic (exact) mass is 358 g/mol. The molecule has 0 unspecified atom stereocenters. The third-order valence-electron chi connectivity index (χ3n) is 3.56. The predicted octanol–water partition coefficient (Wildman–Crippen LogP) is 1.34. The zero-order chi connectivity index (χ0) is 16.2. The summed E-state index contributed by atoms with van der Waals surface area (Å²) >= 11 is 0. The number of rotatable bonds is 7. The molecule has 0 atom stereocenters. The van der Waals surface area contributed by atoms with Gasteiger partial charge in [-0.15, -0.1) is 12.4 Å². The molecule has 0 fully saturated rings. The topological polar surface area (TPSA) is 81.2 Å². The van der Waals surface area contributed by atoms with Crippen molar-refractivity contribution in [2.75, 3.05) is 19.6 Å². The minimum atomic E-state index is -3.61. The van der Waals surface area contributed by atoms with E-state index in [0.717, 1.165) is 5.56 Å². The van der Waals surface area contributed by atoms with Crippen molar-refractivity contribution in [1.29, 1.82) is 0 Å². The van der Waals surface area contributed by atoms with E-state index in [-0.39, 0.29) is 30.5 Å². The zero-order valence-corrected chi connectivity index (χ0v) is 15.0. The summed E-state index contributed by atoms with van der Waals surface area (Å²) in [6.07, 6.45) is 2.18. The number of hydrogen-bond donors (Lipinski definition) is 1. The van der Waals surface area contributed by atoms with Crippen molar-refractivity contribution < 1.29 is 8.42 Å². The van der Waals surface area contributed by atoms with E-state index in [2.05, 4.69) is 4.98 Å². The Hall–Kier alpha value is -1.41. The molecule has 1 aromatic carbocycles. The maximum absolute atomic E-state index is 12.7. The van der Waals surface area contributed by atoms with Crippen molar-refractivity contribution in [3.05, 3.63) is 47.9 Å². The van der Waals surface area contributed by atoms with E-state index < -0.39 is 10.0 Å². The van der Waals surface area contributed by atoms with Crippen molar-refractivity contribution in [2.45, 2.75) is 18.4 Å². The molecule has 1 heterocycles. The van der Waals surface area contributed by atoms with E-state index in [0.29, 0.717) is 18.8 Å². The van der Waals surface area contributed by atoms with Gasteiger partial charge in [-0.1, -0.05) is 30.3 Å². The van der Waals surface area contributed by atoms with Crippen LogP contribution in [0.25, 0.3) is 0 Å². The number of benzene rings is 1. The lowest BCUT2D eigenvalue weighted by molar-refractivity contribution is 0.420. The van der Waals surface area contributed by atoms with Crippen molar-refractivity contribution in [2.24, 2.45) is 12.8 Å². The SMILES string of the molecule is Cc1nc(S(=O)(=O)N(CCN)CCc2ccccc2)cn1C.Cl. The fraction of sp³-hybridized carbons (Fsp3) is 0.400. The maximum Gasteiger partial charge on any atom is 0.262 e. The molecule has 128 valence electrons. The first-order valence-corrected chi connectivity index (χ1v) is 8.63. The molecule has 23 heavy (non-hydrogen) atoms. The third kappa shape index (κ3) is 4.78. The van der Waals surface area contributed by atoms with Gasteiger partial charge in [-0.25, -0.2) is 13.4 Å². The molecule has 0 saturated heterocycles. The summed E-state index contributed by atoms with van der Waals surface area (Å²) in [6, 6.07) is 9.79.